The summed E-state index contributed by atoms with van der Waals surface area (Å²) in [5.74, 6) is -0.0765. The van der Waals surface area contributed by atoms with Crippen molar-refractivity contribution in [2.75, 3.05) is 18.6 Å². The molecule has 0 fully saturated rings. The van der Waals surface area contributed by atoms with E-state index in [1.165, 1.54) is 12.1 Å². The minimum atomic E-state index is -0.667. The summed E-state index contributed by atoms with van der Waals surface area (Å²) in [5.41, 5.74) is 4.80. The molecular weight excluding hydrogens is 254 g/mol. The van der Waals surface area contributed by atoms with Crippen LogP contribution in [-0.2, 0) is 0 Å². The average molecular weight is 269 g/mol. The van der Waals surface area contributed by atoms with Gasteiger partial charge in [0.25, 0.3) is 5.69 Å². The zero-order valence-electron chi connectivity index (χ0n) is 10.5. The molecule has 9 heteroatoms. The van der Waals surface area contributed by atoms with E-state index in [4.69, 9.17) is 16.0 Å². The second-order valence-corrected chi connectivity index (χ2v) is 3.92. The molecule has 0 saturated carbocycles. The molecular formula is C10H15N5O4. The first-order chi connectivity index (χ1) is 8.92. The molecule has 0 amide bonds. The van der Waals surface area contributed by atoms with Crippen molar-refractivity contribution < 1.29 is 15.2 Å². The molecule has 19 heavy (non-hydrogen) atoms. The summed E-state index contributed by atoms with van der Waals surface area (Å²) in [5, 5.41) is 31.3. The van der Waals surface area contributed by atoms with Gasteiger partial charge in [0.1, 0.15) is 5.82 Å². The Morgan fingerprint density at radius 2 is 2.32 bits per heavy atom. The third-order valence-corrected chi connectivity index (χ3v) is 2.69. The van der Waals surface area contributed by atoms with Crippen LogP contribution in [0.2, 0.25) is 0 Å². The van der Waals surface area contributed by atoms with E-state index >= 15 is 0 Å². The summed E-state index contributed by atoms with van der Waals surface area (Å²) < 4.78 is 0. The Hall–Kier alpha value is -2.42. The van der Waals surface area contributed by atoms with Crippen LogP contribution < -0.4 is 10.6 Å². The molecule has 1 heterocycles. The minimum Gasteiger partial charge on any atom is -0.409 e. The molecule has 0 saturated heterocycles. The monoisotopic (exact) mass is 269 g/mol. The molecule has 0 bridgehead atoms. The molecule has 0 aliphatic heterocycles. The van der Waals surface area contributed by atoms with E-state index in [1.54, 1.807) is 18.9 Å². The van der Waals surface area contributed by atoms with Gasteiger partial charge in [0.15, 0.2) is 11.5 Å². The van der Waals surface area contributed by atoms with Crippen molar-refractivity contribution in [2.45, 2.75) is 13.0 Å². The van der Waals surface area contributed by atoms with Gasteiger partial charge in [-0.1, -0.05) is 5.16 Å². The maximum atomic E-state index is 10.8. The molecule has 0 aliphatic rings. The number of likely N-dealkylation sites (N-methyl/N-ethyl adjacent to an activating group) is 1. The number of amidine groups is 1. The maximum absolute atomic E-state index is 10.8. The van der Waals surface area contributed by atoms with Crippen LogP contribution in [0.1, 0.15) is 12.6 Å². The Kier molecular flexibility index (Phi) is 4.59. The molecule has 0 spiro atoms. The first-order valence-corrected chi connectivity index (χ1v) is 5.39. The van der Waals surface area contributed by atoms with Crippen molar-refractivity contribution in [2.24, 2.45) is 10.9 Å². The van der Waals surface area contributed by atoms with Crippen molar-refractivity contribution in [1.82, 2.24) is 4.98 Å². The van der Waals surface area contributed by atoms with Crippen molar-refractivity contribution in [3.05, 3.63) is 27.9 Å². The van der Waals surface area contributed by atoms with Gasteiger partial charge >= 0.3 is 0 Å². The van der Waals surface area contributed by atoms with Gasteiger partial charge in [-0.2, -0.15) is 0 Å². The predicted molar refractivity (Wildman–Crippen MR) is 68.4 cm³/mol. The van der Waals surface area contributed by atoms with E-state index in [9.17, 15) is 10.1 Å². The van der Waals surface area contributed by atoms with Gasteiger partial charge in [-0.25, -0.2) is 4.98 Å². The number of pyridine rings is 1. The number of hydrogen-bond donors (Lipinski definition) is 3. The Morgan fingerprint density at radius 1 is 1.68 bits per heavy atom. The summed E-state index contributed by atoms with van der Waals surface area (Å²) in [6.07, 6.45) is 0. The van der Waals surface area contributed by atoms with Gasteiger partial charge in [-0.15, -0.1) is 0 Å². The van der Waals surface area contributed by atoms with Crippen molar-refractivity contribution in [3.63, 3.8) is 0 Å². The maximum Gasteiger partial charge on any atom is 0.298 e. The van der Waals surface area contributed by atoms with Crippen LogP contribution in [0.3, 0.4) is 0 Å². The van der Waals surface area contributed by atoms with Gasteiger partial charge in [-0.05, 0) is 13.0 Å². The van der Waals surface area contributed by atoms with Crippen LogP contribution in [0.25, 0.3) is 0 Å². The number of aromatic nitrogens is 1. The number of nitrogens with zero attached hydrogens (tertiary/aromatic N) is 4. The predicted octanol–water partition coefficient (Wildman–Crippen LogP) is -0.0987. The van der Waals surface area contributed by atoms with Gasteiger partial charge in [0.2, 0.25) is 0 Å². The van der Waals surface area contributed by atoms with Gasteiger partial charge in [-0.3, -0.25) is 10.1 Å². The normalized spacial score (nSPS) is 13.1. The third-order valence-electron chi connectivity index (χ3n) is 2.69. The topological polar surface area (TPSA) is 138 Å². The van der Waals surface area contributed by atoms with E-state index in [2.05, 4.69) is 10.1 Å². The highest BCUT2D eigenvalue weighted by atomic mass is 16.6. The third kappa shape index (κ3) is 3.07. The van der Waals surface area contributed by atoms with E-state index in [-0.39, 0.29) is 24.0 Å². The molecule has 0 radical (unpaired) electrons. The number of oxime groups is 1. The van der Waals surface area contributed by atoms with E-state index in [1.807, 2.05) is 0 Å². The molecule has 9 nitrogen and oxygen atoms in total. The summed E-state index contributed by atoms with van der Waals surface area (Å²) in [4.78, 5) is 15.8. The van der Waals surface area contributed by atoms with Crippen molar-refractivity contribution in [3.8, 4) is 0 Å². The van der Waals surface area contributed by atoms with Gasteiger partial charge < -0.3 is 20.9 Å². The van der Waals surface area contributed by atoms with Gasteiger partial charge in [0, 0.05) is 13.1 Å². The highest BCUT2D eigenvalue weighted by Gasteiger charge is 2.21. The average Bonchev–Trinajstić information content (AvgIpc) is 2.43. The van der Waals surface area contributed by atoms with Crippen LogP contribution in [0.5, 0.6) is 0 Å². The molecule has 4 N–H and O–H groups in total. The van der Waals surface area contributed by atoms with Crippen LogP contribution in [0.15, 0.2) is 17.3 Å². The van der Waals surface area contributed by atoms with Crippen molar-refractivity contribution >= 4 is 17.3 Å². The van der Waals surface area contributed by atoms with E-state index in [0.29, 0.717) is 5.82 Å². The fourth-order valence-electron chi connectivity index (χ4n) is 1.37. The smallest absolute Gasteiger partial charge is 0.298 e. The number of anilines is 1. The molecule has 1 rings (SSSR count). The highest BCUT2D eigenvalue weighted by Crippen LogP contribution is 2.21. The lowest BCUT2D eigenvalue weighted by molar-refractivity contribution is -0.385. The van der Waals surface area contributed by atoms with Crippen molar-refractivity contribution in [1.29, 1.82) is 0 Å². The summed E-state index contributed by atoms with van der Waals surface area (Å²) in [6.45, 7) is 1.65. The van der Waals surface area contributed by atoms with Crippen LogP contribution in [0.4, 0.5) is 11.5 Å². The molecule has 1 aromatic rings. The largest absolute Gasteiger partial charge is 0.409 e. The summed E-state index contributed by atoms with van der Waals surface area (Å²) >= 11 is 0. The zero-order chi connectivity index (χ0) is 14.6. The molecule has 104 valence electrons. The number of rotatable bonds is 5. The Bertz CT molecular complexity index is 505. The van der Waals surface area contributed by atoms with Crippen LogP contribution in [-0.4, -0.2) is 45.8 Å². The summed E-state index contributed by atoms with van der Waals surface area (Å²) in [7, 11) is 1.67. The number of aliphatic hydroxyl groups is 1. The first-order valence-electron chi connectivity index (χ1n) is 5.39. The Labute approximate surface area is 109 Å². The molecule has 1 aromatic heterocycles. The van der Waals surface area contributed by atoms with Gasteiger partial charge in [0.05, 0.1) is 17.6 Å². The SMILES string of the molecule is CC(CO)N(C)c1ccc([N+](=O)[O-])c(/C(N)=N/O)n1. The molecule has 0 aliphatic carbocycles. The quantitative estimate of drug-likeness (QED) is 0.223. The van der Waals surface area contributed by atoms with E-state index < -0.39 is 10.8 Å². The lowest BCUT2D eigenvalue weighted by Crippen LogP contribution is -2.33. The Balaban J connectivity index is 3.30. The summed E-state index contributed by atoms with van der Waals surface area (Å²) in [6, 6.07) is 2.42. The fraction of sp³-hybridized carbons (Fsp3) is 0.400. The molecule has 1 atom stereocenters. The standard InChI is InChI=1S/C10H15N5O4/c1-6(5-16)14(2)8-4-3-7(15(18)19)9(12-8)10(11)13-17/h3-4,6,16-17H,5H2,1-2H3,(H2,11,13). The second-order valence-electron chi connectivity index (χ2n) is 3.92. The minimum absolute atomic E-state index is 0.103. The Morgan fingerprint density at radius 3 is 2.79 bits per heavy atom. The zero-order valence-corrected chi connectivity index (χ0v) is 10.5. The van der Waals surface area contributed by atoms with Crippen LogP contribution in [0, 0.1) is 10.1 Å². The lowest BCUT2D eigenvalue weighted by Gasteiger charge is -2.24. The lowest BCUT2D eigenvalue weighted by atomic mass is 10.2. The fourth-order valence-corrected chi connectivity index (χ4v) is 1.37. The number of aliphatic hydroxyl groups excluding tert-OH is 1. The molecule has 1 unspecified atom stereocenters. The molecule has 0 aromatic carbocycles. The van der Waals surface area contributed by atoms with E-state index in [0.717, 1.165) is 0 Å². The number of hydrogen-bond acceptors (Lipinski definition) is 7. The second kappa shape index (κ2) is 5.96. The van der Waals surface area contributed by atoms with Crippen LogP contribution >= 0.6 is 0 Å². The highest BCUT2D eigenvalue weighted by molar-refractivity contribution is 5.99. The first kappa shape index (κ1) is 14.6. The number of nitro groups is 1. The number of nitrogens with two attached hydrogens (primary N) is 1.